The molecule has 0 aromatic heterocycles. The van der Waals surface area contributed by atoms with Gasteiger partial charge in [0.05, 0.1) is 0 Å². The Morgan fingerprint density at radius 1 is 0.704 bits per heavy atom. The second-order valence-electron chi connectivity index (χ2n) is 8.02. The van der Waals surface area contributed by atoms with E-state index in [0.717, 1.165) is 0 Å². The van der Waals surface area contributed by atoms with Crippen LogP contribution in [0, 0.1) is 5.41 Å². The third-order valence-electron chi connectivity index (χ3n) is 5.16. The van der Waals surface area contributed by atoms with Gasteiger partial charge in [-0.25, -0.2) is 0 Å². The molecule has 140 valence electrons. The van der Waals surface area contributed by atoms with Crippen molar-refractivity contribution < 1.29 is 4.79 Å². The summed E-state index contributed by atoms with van der Waals surface area (Å²) in [5, 5.41) is 0.389. The Balaban J connectivity index is 2.41. The number of Topliss-reactive ketones (excluding diaryl/α,β-unsaturated/α-hetero) is 1. The van der Waals surface area contributed by atoms with Crippen molar-refractivity contribution in [3.8, 4) is 0 Å². The van der Waals surface area contributed by atoms with Gasteiger partial charge >= 0.3 is 171 Å². The fourth-order valence-corrected chi connectivity index (χ4v) is 11.1. The average Bonchev–Trinajstić information content (AvgIpc) is 2.69. The molecule has 0 spiro atoms. The number of ketones is 1. The first-order chi connectivity index (χ1) is 12.8. The van der Waals surface area contributed by atoms with Crippen LogP contribution in [0.2, 0.25) is 0 Å². The van der Waals surface area contributed by atoms with Crippen molar-refractivity contribution in [1.29, 1.82) is 0 Å². The summed E-state index contributed by atoms with van der Waals surface area (Å²) >= 11 is 4.32. The summed E-state index contributed by atoms with van der Waals surface area (Å²) in [4.78, 5) is 13.4. The van der Waals surface area contributed by atoms with Gasteiger partial charge in [0.2, 0.25) is 0 Å². The van der Waals surface area contributed by atoms with E-state index in [1.165, 1.54) is 15.9 Å². The molecule has 0 radical (unpaired) electrons. The van der Waals surface area contributed by atoms with Crippen molar-refractivity contribution >= 4 is 42.5 Å². The van der Waals surface area contributed by atoms with Crippen LogP contribution in [0.3, 0.4) is 0 Å². The first kappa shape index (κ1) is 20.0. The number of benzene rings is 3. The van der Waals surface area contributed by atoms with Crippen LogP contribution in [0.15, 0.2) is 91.0 Å². The Kier molecular flexibility index (Phi) is 5.43. The van der Waals surface area contributed by atoms with E-state index in [1.807, 2.05) is 39.0 Å². The number of carbonyl (C=O) groups is 1. The van der Waals surface area contributed by atoms with Crippen LogP contribution < -0.4 is 15.9 Å². The first-order valence-corrected chi connectivity index (χ1v) is 13.6. The summed E-state index contributed by atoms with van der Waals surface area (Å²) in [6.07, 6.45) is 0.452. The molecule has 0 aliphatic rings. The van der Waals surface area contributed by atoms with Gasteiger partial charge in [0.1, 0.15) is 0 Å². The predicted octanol–water partition coefficient (Wildman–Crippen LogP) is 5.44. The SMILES string of the molecule is CC(C)(C)C(=O)CP(Br)(c1ccccc1)(c1ccccc1)c1ccccc1. The van der Waals surface area contributed by atoms with E-state index in [0.29, 0.717) is 6.16 Å². The zero-order chi connectivity index (χ0) is 19.6. The van der Waals surface area contributed by atoms with Crippen molar-refractivity contribution in [2.75, 3.05) is 6.16 Å². The van der Waals surface area contributed by atoms with Gasteiger partial charge in [0.15, 0.2) is 0 Å². The first-order valence-electron chi connectivity index (χ1n) is 9.20. The van der Waals surface area contributed by atoms with E-state index in [1.54, 1.807) is 0 Å². The summed E-state index contributed by atoms with van der Waals surface area (Å²) < 4.78 is 0. The van der Waals surface area contributed by atoms with E-state index in [2.05, 4.69) is 88.3 Å². The Morgan fingerprint density at radius 3 is 1.26 bits per heavy atom. The molecule has 1 nitrogen and oxygen atoms in total. The van der Waals surface area contributed by atoms with Gasteiger partial charge in [-0.1, -0.05) is 0 Å². The van der Waals surface area contributed by atoms with Crippen molar-refractivity contribution in [2.45, 2.75) is 20.8 Å². The van der Waals surface area contributed by atoms with Crippen LogP contribution in [-0.4, -0.2) is 11.9 Å². The average molecular weight is 441 g/mol. The molecule has 3 rings (SSSR count). The van der Waals surface area contributed by atoms with Crippen molar-refractivity contribution in [2.24, 2.45) is 5.41 Å². The maximum atomic E-state index is 13.4. The zero-order valence-electron chi connectivity index (χ0n) is 16.1. The van der Waals surface area contributed by atoms with Crippen molar-refractivity contribution in [3.63, 3.8) is 0 Å². The van der Waals surface area contributed by atoms with Crippen LogP contribution in [0.5, 0.6) is 0 Å². The molecular weight excluding hydrogens is 415 g/mol. The Morgan fingerprint density at radius 2 is 1.00 bits per heavy atom. The third kappa shape index (κ3) is 3.53. The fraction of sp³-hybridized carbons (Fsp3) is 0.208. The molecule has 0 atom stereocenters. The Bertz CT molecular complexity index is 815. The molecule has 0 amide bonds. The van der Waals surface area contributed by atoms with Gasteiger partial charge < -0.3 is 0 Å². The molecule has 3 aromatic rings. The topological polar surface area (TPSA) is 17.1 Å². The minimum atomic E-state index is -3.15. The standard InChI is InChI=1S/C24H26BrOP/c1-24(2,3)23(26)19-27(25,20-13-7-4-8-14-20,21-15-9-5-10-16-21)22-17-11-6-12-18-22/h4-18H,19H2,1-3H3. The summed E-state index contributed by atoms with van der Waals surface area (Å²) in [5.41, 5.74) is -0.407. The van der Waals surface area contributed by atoms with Gasteiger partial charge in [-0.3, -0.25) is 0 Å². The molecule has 0 saturated heterocycles. The van der Waals surface area contributed by atoms with Crippen LogP contribution in [-0.2, 0) is 4.79 Å². The second-order valence-corrected chi connectivity index (χ2v) is 16.9. The molecule has 3 aromatic carbocycles. The van der Waals surface area contributed by atoms with E-state index in [9.17, 15) is 4.79 Å². The minimum absolute atomic E-state index is 0.258. The van der Waals surface area contributed by atoms with Gasteiger partial charge in [-0.15, -0.1) is 0 Å². The monoisotopic (exact) mass is 440 g/mol. The predicted molar refractivity (Wildman–Crippen MR) is 123 cm³/mol. The quantitative estimate of drug-likeness (QED) is 0.482. The van der Waals surface area contributed by atoms with E-state index >= 15 is 0 Å². The molecule has 0 heterocycles. The molecule has 3 heteroatoms. The summed E-state index contributed by atoms with van der Waals surface area (Å²) in [6, 6.07) is 31.4. The van der Waals surface area contributed by atoms with E-state index in [-0.39, 0.29) is 5.78 Å². The Hall–Kier alpha value is -1.76. The molecule has 0 bridgehead atoms. The summed E-state index contributed by atoms with van der Waals surface area (Å²) in [6.45, 7) is 6.01. The van der Waals surface area contributed by atoms with Gasteiger partial charge in [0.25, 0.3) is 0 Å². The van der Waals surface area contributed by atoms with Gasteiger partial charge in [0, 0.05) is 0 Å². The van der Waals surface area contributed by atoms with Crippen molar-refractivity contribution in [3.05, 3.63) is 91.0 Å². The molecule has 0 unspecified atom stereocenters. The molecule has 0 fully saturated rings. The normalized spacial score (nSPS) is 13.6. The molecule has 0 aliphatic carbocycles. The number of halogens is 1. The van der Waals surface area contributed by atoms with Gasteiger partial charge in [-0.05, 0) is 0 Å². The van der Waals surface area contributed by atoms with Crippen LogP contribution >= 0.6 is 20.8 Å². The van der Waals surface area contributed by atoms with Gasteiger partial charge in [-0.2, -0.15) is 0 Å². The van der Waals surface area contributed by atoms with E-state index in [4.69, 9.17) is 0 Å². The molecule has 0 N–H and O–H groups in total. The number of hydrogen-bond acceptors (Lipinski definition) is 1. The number of rotatable bonds is 5. The molecule has 27 heavy (non-hydrogen) atoms. The third-order valence-corrected chi connectivity index (χ3v) is 14.6. The molecule has 0 saturated carbocycles. The maximum absolute atomic E-state index is 13.4. The van der Waals surface area contributed by atoms with Crippen LogP contribution in [0.1, 0.15) is 20.8 Å². The molecular formula is C24H26BrOP. The zero-order valence-corrected chi connectivity index (χ0v) is 18.6. The van der Waals surface area contributed by atoms with Crippen molar-refractivity contribution in [1.82, 2.24) is 0 Å². The summed E-state index contributed by atoms with van der Waals surface area (Å²) in [5.74, 6) is 0.258. The van der Waals surface area contributed by atoms with E-state index < -0.39 is 10.7 Å². The molecule has 0 aliphatic heterocycles. The fourth-order valence-electron chi connectivity index (χ4n) is 3.44. The van der Waals surface area contributed by atoms with Crippen LogP contribution in [0.4, 0.5) is 0 Å². The second kappa shape index (κ2) is 7.34. The Labute approximate surface area is 170 Å². The van der Waals surface area contributed by atoms with Crippen LogP contribution in [0.25, 0.3) is 0 Å². The number of carbonyl (C=O) groups excluding carboxylic acids is 1. The number of hydrogen-bond donors (Lipinski definition) is 0. The summed E-state index contributed by atoms with van der Waals surface area (Å²) in [7, 11) is 0.